The Morgan fingerprint density at radius 3 is 2.76 bits per heavy atom. The maximum Gasteiger partial charge on any atom is 0.343 e. The number of fused-ring (bicyclic) bond motifs is 4. The van der Waals surface area contributed by atoms with Crippen molar-refractivity contribution in [2.75, 3.05) is 19.6 Å². The summed E-state index contributed by atoms with van der Waals surface area (Å²) in [5.74, 6) is 1.05. The number of hydrogen-bond donors (Lipinski definition) is 1. The van der Waals surface area contributed by atoms with E-state index in [1.165, 1.54) is 35.9 Å². The summed E-state index contributed by atoms with van der Waals surface area (Å²) >= 11 is 0. The number of nitrogens with one attached hydrogen (secondary N) is 1. The number of benzene rings is 1. The van der Waals surface area contributed by atoms with Crippen LogP contribution in [0.1, 0.15) is 41.9 Å². The molecule has 5 rings (SSSR count). The number of hydrogen-bond acceptors (Lipinski definition) is 4. The summed E-state index contributed by atoms with van der Waals surface area (Å²) in [6, 6.07) is 12.0. The van der Waals surface area contributed by atoms with Gasteiger partial charge in [-0.1, -0.05) is 36.8 Å². The normalized spacial score (nSPS) is 29.5. The summed E-state index contributed by atoms with van der Waals surface area (Å²) in [6.07, 6.45) is 6.09. The van der Waals surface area contributed by atoms with Crippen LogP contribution in [0.25, 0.3) is 0 Å². The average Bonchev–Trinajstić information content (AvgIpc) is 3.07. The molecule has 0 aliphatic carbocycles. The van der Waals surface area contributed by atoms with Crippen LogP contribution in [-0.2, 0) is 13.5 Å². The second-order valence-electron chi connectivity index (χ2n) is 9.01. The number of carbonyl (C=O) groups is 1. The van der Waals surface area contributed by atoms with Crippen molar-refractivity contribution >= 4 is 5.91 Å². The van der Waals surface area contributed by atoms with Crippen LogP contribution < -0.4 is 5.69 Å². The predicted octanol–water partition coefficient (Wildman–Crippen LogP) is 1.67. The summed E-state index contributed by atoms with van der Waals surface area (Å²) < 4.78 is 1.19. The molecule has 3 saturated heterocycles. The highest BCUT2D eigenvalue weighted by molar-refractivity contribution is 5.90. The third kappa shape index (κ3) is 3.52. The van der Waals surface area contributed by atoms with Crippen LogP contribution in [-0.4, -0.2) is 62.2 Å². The van der Waals surface area contributed by atoms with Gasteiger partial charge in [-0.3, -0.25) is 14.7 Å². The second kappa shape index (κ2) is 7.44. The topological polar surface area (TPSA) is 74.2 Å². The first-order chi connectivity index (χ1) is 14.1. The Hall–Kier alpha value is -2.41. The molecule has 0 spiro atoms. The molecule has 4 heterocycles. The second-order valence-corrected chi connectivity index (χ2v) is 9.01. The molecular formula is C22H29N5O2. The van der Waals surface area contributed by atoms with Crippen LogP contribution in [0.5, 0.6) is 0 Å². The zero-order valence-corrected chi connectivity index (χ0v) is 17.0. The Morgan fingerprint density at radius 2 is 2.00 bits per heavy atom. The zero-order valence-electron chi connectivity index (χ0n) is 17.0. The van der Waals surface area contributed by atoms with Gasteiger partial charge in [0.15, 0.2) is 0 Å². The number of carbonyl (C=O) groups excluding carboxylic acids is 1. The van der Waals surface area contributed by atoms with E-state index in [1.54, 1.807) is 7.05 Å². The van der Waals surface area contributed by atoms with Crippen LogP contribution >= 0.6 is 0 Å². The molecule has 29 heavy (non-hydrogen) atoms. The van der Waals surface area contributed by atoms with Crippen LogP contribution in [0.4, 0.5) is 0 Å². The van der Waals surface area contributed by atoms with Crippen molar-refractivity contribution in [3.05, 3.63) is 52.2 Å². The fourth-order valence-corrected chi connectivity index (χ4v) is 5.83. The van der Waals surface area contributed by atoms with Gasteiger partial charge in [-0.15, -0.1) is 5.10 Å². The minimum Gasteiger partial charge on any atom is -0.335 e. The van der Waals surface area contributed by atoms with Crippen molar-refractivity contribution in [1.29, 1.82) is 0 Å². The molecule has 1 aromatic carbocycles. The molecule has 3 aliphatic heterocycles. The number of likely N-dealkylation sites (tertiary alicyclic amines) is 1. The number of piperidine rings is 3. The summed E-state index contributed by atoms with van der Waals surface area (Å²) in [5.41, 5.74) is 1.08. The molecule has 154 valence electrons. The lowest BCUT2D eigenvalue weighted by atomic mass is 9.74. The average molecular weight is 396 g/mol. The molecular weight excluding hydrogens is 366 g/mol. The molecule has 2 bridgehead atoms. The monoisotopic (exact) mass is 395 g/mol. The molecule has 7 nitrogen and oxygen atoms in total. The molecule has 0 saturated carbocycles. The number of rotatable bonds is 3. The van der Waals surface area contributed by atoms with Crippen LogP contribution in [0.15, 0.2) is 35.1 Å². The van der Waals surface area contributed by atoms with Crippen molar-refractivity contribution in [1.82, 2.24) is 24.6 Å². The van der Waals surface area contributed by atoms with Crippen molar-refractivity contribution < 1.29 is 4.79 Å². The van der Waals surface area contributed by atoms with Gasteiger partial charge in [0.1, 0.15) is 0 Å². The van der Waals surface area contributed by atoms with E-state index < -0.39 is 0 Å². The largest absolute Gasteiger partial charge is 0.343 e. The van der Waals surface area contributed by atoms with Crippen molar-refractivity contribution in [3.8, 4) is 0 Å². The van der Waals surface area contributed by atoms with E-state index in [-0.39, 0.29) is 17.4 Å². The lowest BCUT2D eigenvalue weighted by Gasteiger charge is -2.55. The van der Waals surface area contributed by atoms with Crippen LogP contribution in [0.3, 0.4) is 0 Å². The Kier molecular flexibility index (Phi) is 4.78. The van der Waals surface area contributed by atoms with E-state index in [4.69, 9.17) is 0 Å². The quantitative estimate of drug-likeness (QED) is 0.858. The van der Waals surface area contributed by atoms with Gasteiger partial charge in [0.05, 0.1) is 0 Å². The van der Waals surface area contributed by atoms with Crippen LogP contribution in [0.2, 0.25) is 0 Å². The van der Waals surface area contributed by atoms with Crippen molar-refractivity contribution in [2.24, 2.45) is 18.9 Å². The minimum atomic E-state index is -0.340. The maximum absolute atomic E-state index is 12.9. The van der Waals surface area contributed by atoms with Gasteiger partial charge >= 0.3 is 5.69 Å². The number of aromatic amines is 1. The van der Waals surface area contributed by atoms with Crippen molar-refractivity contribution in [3.63, 3.8) is 0 Å². The van der Waals surface area contributed by atoms with E-state index in [2.05, 4.69) is 45.3 Å². The molecule has 4 atom stereocenters. The number of aromatic nitrogens is 3. The molecule has 2 aromatic rings. The highest BCUT2D eigenvalue weighted by Gasteiger charge is 2.45. The van der Waals surface area contributed by atoms with Gasteiger partial charge in [0.25, 0.3) is 5.91 Å². The predicted molar refractivity (Wildman–Crippen MR) is 110 cm³/mol. The Balaban J connectivity index is 1.31. The standard InChI is InChI=1S/C22H29N5O2/c1-25-22(29)23-20(24-25)21(28)26-12-16-10-17(14-26)19-9-5-8-18(27(19)13-16)11-15-6-3-2-4-7-15/h2-4,6-7,16-19H,5,8-14H2,1H3,(H,23,24,29)/t16-,17+,18+,19-/m0/s1. The third-order valence-electron chi connectivity index (χ3n) is 7.09. The van der Waals surface area contributed by atoms with Gasteiger partial charge < -0.3 is 4.90 Å². The van der Waals surface area contributed by atoms with E-state index in [0.717, 1.165) is 26.1 Å². The fraction of sp³-hybridized carbons (Fsp3) is 0.591. The summed E-state index contributed by atoms with van der Waals surface area (Å²) in [6.45, 7) is 2.60. The molecule has 3 aliphatic rings. The van der Waals surface area contributed by atoms with E-state index >= 15 is 0 Å². The van der Waals surface area contributed by atoms with Gasteiger partial charge in [-0.05, 0) is 43.1 Å². The summed E-state index contributed by atoms with van der Waals surface area (Å²) in [4.78, 5) is 31.9. The fourth-order valence-electron chi connectivity index (χ4n) is 5.83. The molecule has 0 radical (unpaired) electrons. The SMILES string of the molecule is Cn1nc(C(=O)N2C[C@@H]3C[C@H](C2)[C@@H]2CCC[C@H](Cc4ccccc4)N2C3)[nH]c1=O. The number of nitrogens with zero attached hydrogens (tertiary/aromatic N) is 4. The molecule has 1 aromatic heterocycles. The number of amides is 1. The van der Waals surface area contributed by atoms with E-state index in [9.17, 15) is 9.59 Å². The Bertz CT molecular complexity index is 936. The van der Waals surface area contributed by atoms with Crippen molar-refractivity contribution in [2.45, 2.75) is 44.2 Å². The lowest BCUT2D eigenvalue weighted by molar-refractivity contribution is -0.0500. The summed E-state index contributed by atoms with van der Waals surface area (Å²) in [5, 5.41) is 4.07. The zero-order chi connectivity index (χ0) is 20.0. The first-order valence-electron chi connectivity index (χ1n) is 10.8. The molecule has 1 amide bonds. The Labute approximate surface area is 170 Å². The Morgan fingerprint density at radius 1 is 1.17 bits per heavy atom. The minimum absolute atomic E-state index is 0.137. The summed E-state index contributed by atoms with van der Waals surface area (Å²) in [7, 11) is 1.56. The first-order valence-corrected chi connectivity index (χ1v) is 10.8. The molecule has 3 fully saturated rings. The first kappa shape index (κ1) is 18.6. The van der Waals surface area contributed by atoms with E-state index in [1.807, 2.05) is 4.90 Å². The van der Waals surface area contributed by atoms with Crippen LogP contribution in [0, 0.1) is 11.8 Å². The van der Waals surface area contributed by atoms with Gasteiger partial charge in [0.2, 0.25) is 5.82 Å². The molecule has 1 N–H and O–H groups in total. The maximum atomic E-state index is 12.9. The smallest absolute Gasteiger partial charge is 0.335 e. The molecule has 7 heteroatoms. The van der Waals surface area contributed by atoms with Gasteiger partial charge in [0, 0.05) is 38.8 Å². The van der Waals surface area contributed by atoms with Gasteiger partial charge in [-0.25, -0.2) is 9.48 Å². The molecule has 0 unspecified atom stereocenters. The highest BCUT2D eigenvalue weighted by Crippen LogP contribution is 2.40. The highest BCUT2D eigenvalue weighted by atomic mass is 16.2. The number of H-pyrrole nitrogens is 1. The third-order valence-corrected chi connectivity index (χ3v) is 7.09. The van der Waals surface area contributed by atoms with Gasteiger partial charge in [-0.2, -0.15) is 0 Å². The van der Waals surface area contributed by atoms with E-state index in [0.29, 0.717) is 23.9 Å². The number of aryl methyl sites for hydroxylation is 1. The lowest BCUT2D eigenvalue weighted by Crippen LogP contribution is -2.62.